The van der Waals surface area contributed by atoms with Crippen LogP contribution in [0.25, 0.3) is 0 Å². The largest absolute Gasteiger partial charge is 0.343 e. The minimum Gasteiger partial charge on any atom is -0.343 e. The molecule has 0 radical (unpaired) electrons. The molecule has 4 aliphatic carbocycles. The van der Waals surface area contributed by atoms with Gasteiger partial charge in [-0.2, -0.15) is 25.2 Å². The first kappa shape index (κ1) is 30.6. The molecule has 0 aromatic rings. The summed E-state index contributed by atoms with van der Waals surface area (Å²) in [7, 11) is 0. The van der Waals surface area contributed by atoms with Crippen molar-refractivity contribution in [3.63, 3.8) is 0 Å². The first-order valence-corrected chi connectivity index (χ1v) is 13.1. The zero-order chi connectivity index (χ0) is 23.8. The maximum atomic E-state index is 3.60. The third kappa shape index (κ3) is 7.05. The Balaban J connectivity index is 0.000000529. The van der Waals surface area contributed by atoms with Gasteiger partial charge in [0.25, 0.3) is 0 Å². The Hall–Kier alpha value is -0.430. The molecule has 0 aliphatic heterocycles. The Morgan fingerprint density at radius 3 is 2.21 bits per heavy atom. The topological polar surface area (TPSA) is 0 Å². The van der Waals surface area contributed by atoms with Crippen LogP contribution in [-0.4, -0.2) is 0 Å². The molecule has 4 aliphatic rings. The van der Waals surface area contributed by atoms with Crippen molar-refractivity contribution in [3.05, 3.63) is 79.0 Å². The summed E-state index contributed by atoms with van der Waals surface area (Å²) in [5, 5.41) is 0. The van der Waals surface area contributed by atoms with Crippen LogP contribution < -0.4 is 0 Å². The van der Waals surface area contributed by atoms with Crippen molar-refractivity contribution in [2.24, 2.45) is 22.7 Å². The van der Waals surface area contributed by atoms with Crippen LogP contribution in [0.1, 0.15) is 99.3 Å². The molecular formula is C32H49Hf-3. The molecule has 0 amide bonds. The number of hydrogen-bond acceptors (Lipinski definition) is 0. The van der Waals surface area contributed by atoms with Crippen molar-refractivity contribution in [2.75, 3.05) is 0 Å². The third-order valence-electron chi connectivity index (χ3n) is 8.31. The number of unbranched alkanes of at least 4 members (excludes halogenated alkanes) is 2. The molecule has 0 heterocycles. The minimum atomic E-state index is 0. The van der Waals surface area contributed by atoms with Crippen molar-refractivity contribution in [3.8, 4) is 0 Å². The predicted molar refractivity (Wildman–Crippen MR) is 144 cm³/mol. The van der Waals surface area contributed by atoms with Crippen LogP contribution in [0.5, 0.6) is 0 Å². The SMILES string of the molecule is CC1=C(C)C(C)(C2=CCC(C)(C3=CC=CC3)C=C2)C2[CH-]CCC2C1.[CH2-]CCC.[CH2-]CCC.[Hf]. The summed E-state index contributed by atoms with van der Waals surface area (Å²) >= 11 is 0. The second kappa shape index (κ2) is 14.2. The molecule has 1 saturated carbocycles. The van der Waals surface area contributed by atoms with E-state index in [1.165, 1.54) is 32.1 Å². The molecule has 0 nitrogen and oxygen atoms in total. The fraction of sp³-hybridized carbons (Fsp3) is 0.594. The van der Waals surface area contributed by atoms with Crippen LogP contribution >= 0.6 is 0 Å². The number of fused-ring (bicyclic) bond motifs is 1. The van der Waals surface area contributed by atoms with Gasteiger partial charge < -0.3 is 20.3 Å². The maximum absolute atomic E-state index is 3.60. The summed E-state index contributed by atoms with van der Waals surface area (Å²) < 4.78 is 0. The maximum Gasteiger partial charge on any atom is 0.0106 e. The fourth-order valence-electron chi connectivity index (χ4n) is 5.67. The predicted octanol–water partition coefficient (Wildman–Crippen LogP) is 9.98. The van der Waals surface area contributed by atoms with E-state index in [0.717, 1.165) is 37.5 Å². The Morgan fingerprint density at radius 1 is 1.09 bits per heavy atom. The summed E-state index contributed by atoms with van der Waals surface area (Å²) in [5.41, 5.74) is 6.82. The van der Waals surface area contributed by atoms with Crippen LogP contribution in [0.3, 0.4) is 0 Å². The van der Waals surface area contributed by atoms with Gasteiger partial charge in [0.15, 0.2) is 0 Å². The van der Waals surface area contributed by atoms with Gasteiger partial charge in [0.2, 0.25) is 0 Å². The van der Waals surface area contributed by atoms with Gasteiger partial charge in [0.1, 0.15) is 0 Å². The van der Waals surface area contributed by atoms with E-state index in [1.807, 2.05) is 0 Å². The van der Waals surface area contributed by atoms with E-state index in [2.05, 4.69) is 98.3 Å². The first-order valence-electron chi connectivity index (χ1n) is 13.1. The smallest absolute Gasteiger partial charge is 0.0106 e. The molecule has 184 valence electrons. The zero-order valence-electron chi connectivity index (χ0n) is 22.5. The molecule has 4 rings (SSSR count). The second-order valence-electron chi connectivity index (χ2n) is 10.6. The number of allylic oxidation sites excluding steroid dienone is 10. The molecule has 0 bridgehead atoms. The standard InChI is InChI=1S/C24H31.2C4H9.Hf/c1-17-16-19-8-7-11-22(19)24(4,18(17)2)21-12-14-23(3,15-13-21)20-9-5-6-10-20;2*1-3-4-2;/h5-6,9,11-14,19,22H,7-8,10,15-16H2,1-4H3;2*1,3-4H2,2H3;/q3*-1;. The van der Waals surface area contributed by atoms with Gasteiger partial charge in [-0.05, 0) is 44.1 Å². The Morgan fingerprint density at radius 2 is 1.73 bits per heavy atom. The Kier molecular flexibility index (Phi) is 13.2. The molecule has 33 heavy (non-hydrogen) atoms. The third-order valence-corrected chi connectivity index (χ3v) is 8.31. The minimum absolute atomic E-state index is 0. The van der Waals surface area contributed by atoms with Crippen LogP contribution in [0.4, 0.5) is 0 Å². The van der Waals surface area contributed by atoms with E-state index in [0.29, 0.717) is 0 Å². The van der Waals surface area contributed by atoms with Gasteiger partial charge in [-0.15, -0.1) is 0 Å². The Labute approximate surface area is 226 Å². The van der Waals surface area contributed by atoms with Crippen molar-refractivity contribution >= 4 is 0 Å². The monoisotopic (exact) mass is 613 g/mol. The summed E-state index contributed by atoms with van der Waals surface area (Å²) in [6.45, 7) is 21.1. The molecular weight excluding hydrogens is 563 g/mol. The molecule has 0 N–H and O–H groups in total. The molecule has 4 atom stereocenters. The number of rotatable bonds is 4. The Bertz CT molecular complexity index is 753. The molecule has 4 unspecified atom stereocenters. The molecule has 0 spiro atoms. The van der Waals surface area contributed by atoms with Crippen LogP contribution in [0.15, 0.2) is 58.7 Å². The van der Waals surface area contributed by atoms with E-state index in [9.17, 15) is 0 Å². The first-order chi connectivity index (χ1) is 15.3. The van der Waals surface area contributed by atoms with Crippen LogP contribution in [0, 0.1) is 42.9 Å². The fourth-order valence-corrected chi connectivity index (χ4v) is 5.67. The summed E-state index contributed by atoms with van der Waals surface area (Å²) in [6, 6.07) is 0. The molecule has 1 fully saturated rings. The van der Waals surface area contributed by atoms with E-state index in [1.54, 1.807) is 22.3 Å². The van der Waals surface area contributed by atoms with Crippen LogP contribution in [0.2, 0.25) is 0 Å². The van der Waals surface area contributed by atoms with Gasteiger partial charge in [0.05, 0.1) is 0 Å². The number of hydrogen-bond donors (Lipinski definition) is 0. The van der Waals surface area contributed by atoms with Crippen molar-refractivity contribution in [2.45, 2.75) is 99.3 Å². The summed E-state index contributed by atoms with van der Waals surface area (Å²) in [6.07, 6.45) is 27.8. The van der Waals surface area contributed by atoms with Crippen molar-refractivity contribution in [1.82, 2.24) is 0 Å². The van der Waals surface area contributed by atoms with Gasteiger partial charge in [-0.3, -0.25) is 0 Å². The van der Waals surface area contributed by atoms with Crippen molar-refractivity contribution in [1.29, 1.82) is 0 Å². The summed E-state index contributed by atoms with van der Waals surface area (Å²) in [5.74, 6) is 1.59. The molecule has 0 aromatic heterocycles. The van der Waals surface area contributed by atoms with Gasteiger partial charge in [-0.25, -0.2) is 0 Å². The quantitative estimate of drug-likeness (QED) is 0.169. The van der Waals surface area contributed by atoms with Crippen LogP contribution in [-0.2, 0) is 25.8 Å². The van der Waals surface area contributed by atoms with Crippen molar-refractivity contribution < 1.29 is 25.8 Å². The van der Waals surface area contributed by atoms with Gasteiger partial charge >= 0.3 is 0 Å². The van der Waals surface area contributed by atoms with E-state index in [4.69, 9.17) is 0 Å². The second-order valence-corrected chi connectivity index (χ2v) is 10.6. The van der Waals surface area contributed by atoms with E-state index >= 15 is 0 Å². The van der Waals surface area contributed by atoms with Gasteiger partial charge in [-0.1, -0.05) is 106 Å². The van der Waals surface area contributed by atoms with Gasteiger partial charge in [0, 0.05) is 31.3 Å². The zero-order valence-corrected chi connectivity index (χ0v) is 26.1. The molecule has 0 aromatic carbocycles. The average molecular weight is 612 g/mol. The van der Waals surface area contributed by atoms with E-state index < -0.39 is 0 Å². The average Bonchev–Trinajstić information content (AvgIpc) is 3.51. The van der Waals surface area contributed by atoms with E-state index in [-0.39, 0.29) is 36.7 Å². The normalized spacial score (nSPS) is 32.0. The summed E-state index contributed by atoms with van der Waals surface area (Å²) in [4.78, 5) is 0. The molecule has 1 heteroatoms. The molecule has 0 saturated heterocycles.